The zero-order chi connectivity index (χ0) is 21.1. The van der Waals surface area contributed by atoms with Gasteiger partial charge in [-0.05, 0) is 42.3 Å². The lowest BCUT2D eigenvalue weighted by Crippen LogP contribution is -2.48. The first-order valence-electron chi connectivity index (χ1n) is 10.3. The first-order valence-corrected chi connectivity index (χ1v) is 10.3. The molecule has 2 saturated heterocycles. The second-order valence-electron chi connectivity index (χ2n) is 7.74. The number of carbonyl (C=O) groups is 2. The summed E-state index contributed by atoms with van der Waals surface area (Å²) in [6.45, 7) is 4.03. The van der Waals surface area contributed by atoms with Crippen molar-refractivity contribution in [2.24, 2.45) is 0 Å². The quantitative estimate of drug-likeness (QED) is 0.759. The van der Waals surface area contributed by atoms with Crippen molar-refractivity contribution in [3.8, 4) is 5.75 Å². The molecule has 0 spiro atoms. The van der Waals surface area contributed by atoms with Crippen molar-refractivity contribution in [3.63, 3.8) is 0 Å². The van der Waals surface area contributed by atoms with E-state index in [-0.39, 0.29) is 23.4 Å². The SMILES string of the molecule is COc1ccc(CN2CCN(C(=O)c3cccc(N4CCCC4=O)c3)CC2)cc1F. The highest BCUT2D eigenvalue weighted by Crippen LogP contribution is 2.23. The van der Waals surface area contributed by atoms with E-state index < -0.39 is 0 Å². The molecule has 30 heavy (non-hydrogen) atoms. The van der Waals surface area contributed by atoms with Crippen LogP contribution in [0.2, 0.25) is 0 Å². The number of nitrogens with zero attached hydrogens (tertiary/aromatic N) is 3. The van der Waals surface area contributed by atoms with Gasteiger partial charge in [0.2, 0.25) is 5.91 Å². The standard InChI is InChI=1S/C23H26FN3O3/c1-30-21-8-7-17(14-20(21)24)16-25-10-12-26(13-11-25)23(29)18-4-2-5-19(15-18)27-9-3-6-22(27)28/h2,4-5,7-8,14-15H,3,6,9-13,16H2,1H3. The molecular formula is C23H26FN3O3. The topological polar surface area (TPSA) is 53.1 Å². The predicted octanol–water partition coefficient (Wildman–Crippen LogP) is 2.92. The van der Waals surface area contributed by atoms with Crippen LogP contribution in [-0.2, 0) is 11.3 Å². The van der Waals surface area contributed by atoms with Crippen LogP contribution in [0.3, 0.4) is 0 Å². The van der Waals surface area contributed by atoms with Gasteiger partial charge >= 0.3 is 0 Å². The van der Waals surface area contributed by atoms with Crippen LogP contribution in [0.15, 0.2) is 42.5 Å². The van der Waals surface area contributed by atoms with Crippen molar-refractivity contribution in [2.75, 3.05) is 44.7 Å². The summed E-state index contributed by atoms with van der Waals surface area (Å²) in [6.07, 6.45) is 1.43. The number of halogens is 1. The maximum absolute atomic E-state index is 13.9. The summed E-state index contributed by atoms with van der Waals surface area (Å²) in [5.74, 6) is -0.0194. The summed E-state index contributed by atoms with van der Waals surface area (Å²) < 4.78 is 18.9. The van der Waals surface area contributed by atoms with Gasteiger partial charge in [0.15, 0.2) is 11.6 Å². The number of carbonyl (C=O) groups excluding carboxylic acids is 2. The van der Waals surface area contributed by atoms with Crippen molar-refractivity contribution < 1.29 is 18.7 Å². The number of hydrogen-bond donors (Lipinski definition) is 0. The van der Waals surface area contributed by atoms with E-state index in [2.05, 4.69) is 4.90 Å². The van der Waals surface area contributed by atoms with Gasteiger partial charge in [-0.1, -0.05) is 12.1 Å². The average Bonchev–Trinajstić information content (AvgIpc) is 3.20. The molecule has 158 valence electrons. The zero-order valence-corrected chi connectivity index (χ0v) is 17.1. The van der Waals surface area contributed by atoms with Crippen molar-refractivity contribution in [3.05, 3.63) is 59.4 Å². The number of piperazine rings is 1. The molecule has 0 aliphatic carbocycles. The predicted molar refractivity (Wildman–Crippen MR) is 112 cm³/mol. The van der Waals surface area contributed by atoms with Crippen LogP contribution in [0.4, 0.5) is 10.1 Å². The molecule has 2 amide bonds. The van der Waals surface area contributed by atoms with Gasteiger partial charge < -0.3 is 14.5 Å². The lowest BCUT2D eigenvalue weighted by molar-refractivity contribution is -0.117. The Balaban J connectivity index is 1.35. The molecule has 0 bridgehead atoms. The third-order valence-electron chi connectivity index (χ3n) is 5.76. The molecule has 2 aliphatic rings. The summed E-state index contributed by atoms with van der Waals surface area (Å²) in [7, 11) is 1.45. The first-order chi connectivity index (χ1) is 14.5. The molecule has 4 rings (SSSR count). The fraction of sp³-hybridized carbons (Fsp3) is 0.391. The summed E-state index contributed by atoms with van der Waals surface area (Å²) in [5.41, 5.74) is 2.29. The van der Waals surface area contributed by atoms with E-state index in [1.165, 1.54) is 13.2 Å². The number of amides is 2. The molecule has 6 nitrogen and oxygen atoms in total. The van der Waals surface area contributed by atoms with Crippen LogP contribution < -0.4 is 9.64 Å². The Morgan fingerprint density at radius 2 is 1.87 bits per heavy atom. The molecule has 2 fully saturated rings. The van der Waals surface area contributed by atoms with Crippen molar-refractivity contribution in [1.82, 2.24) is 9.80 Å². The normalized spacial score (nSPS) is 17.5. The monoisotopic (exact) mass is 411 g/mol. The Hall–Kier alpha value is -2.93. The van der Waals surface area contributed by atoms with Crippen LogP contribution in [0.5, 0.6) is 5.75 Å². The van der Waals surface area contributed by atoms with Gasteiger partial charge in [-0.3, -0.25) is 14.5 Å². The molecule has 0 N–H and O–H groups in total. The van der Waals surface area contributed by atoms with Crippen molar-refractivity contribution in [2.45, 2.75) is 19.4 Å². The molecule has 0 aromatic heterocycles. The molecular weight excluding hydrogens is 385 g/mol. The van der Waals surface area contributed by atoms with Gasteiger partial charge in [-0.25, -0.2) is 4.39 Å². The molecule has 0 unspecified atom stereocenters. The second kappa shape index (κ2) is 8.83. The molecule has 7 heteroatoms. The highest BCUT2D eigenvalue weighted by molar-refractivity contribution is 5.99. The van der Waals surface area contributed by atoms with Gasteiger partial charge in [0.1, 0.15) is 0 Å². The van der Waals surface area contributed by atoms with Gasteiger partial charge in [0, 0.05) is 56.9 Å². The Labute approximate surface area is 175 Å². The summed E-state index contributed by atoms with van der Waals surface area (Å²) in [4.78, 5) is 30.8. The molecule has 0 atom stereocenters. The Kier molecular flexibility index (Phi) is 5.99. The van der Waals surface area contributed by atoms with Gasteiger partial charge in [0.05, 0.1) is 7.11 Å². The average molecular weight is 411 g/mol. The maximum atomic E-state index is 13.9. The number of rotatable bonds is 5. The Morgan fingerprint density at radius 3 is 2.53 bits per heavy atom. The van der Waals surface area contributed by atoms with Crippen molar-refractivity contribution >= 4 is 17.5 Å². The fourth-order valence-corrected chi connectivity index (χ4v) is 4.09. The van der Waals surface area contributed by atoms with Crippen LogP contribution in [0, 0.1) is 5.82 Å². The number of benzene rings is 2. The lowest BCUT2D eigenvalue weighted by Gasteiger charge is -2.35. The highest BCUT2D eigenvalue weighted by Gasteiger charge is 2.25. The van der Waals surface area contributed by atoms with Gasteiger partial charge in [-0.2, -0.15) is 0 Å². The molecule has 2 aromatic rings. The van der Waals surface area contributed by atoms with Gasteiger partial charge in [0.25, 0.3) is 5.91 Å². The third kappa shape index (κ3) is 4.31. The molecule has 2 aromatic carbocycles. The van der Waals surface area contributed by atoms with E-state index in [9.17, 15) is 14.0 Å². The summed E-state index contributed by atoms with van der Waals surface area (Å²) in [5, 5.41) is 0. The second-order valence-corrected chi connectivity index (χ2v) is 7.74. The Morgan fingerprint density at radius 1 is 1.07 bits per heavy atom. The van der Waals surface area contributed by atoms with Crippen LogP contribution >= 0.6 is 0 Å². The van der Waals surface area contributed by atoms with E-state index in [4.69, 9.17) is 4.74 Å². The minimum atomic E-state index is -0.361. The van der Waals surface area contributed by atoms with Crippen LogP contribution in [0.25, 0.3) is 0 Å². The molecule has 2 aliphatic heterocycles. The van der Waals surface area contributed by atoms with E-state index >= 15 is 0 Å². The van der Waals surface area contributed by atoms with Crippen LogP contribution in [-0.4, -0.2) is 61.4 Å². The number of hydrogen-bond acceptors (Lipinski definition) is 4. The van der Waals surface area contributed by atoms with Crippen molar-refractivity contribution in [1.29, 1.82) is 0 Å². The third-order valence-corrected chi connectivity index (χ3v) is 5.76. The molecule has 2 heterocycles. The van der Waals surface area contributed by atoms with E-state index in [0.717, 1.165) is 30.8 Å². The number of methoxy groups -OCH3 is 1. The van der Waals surface area contributed by atoms with E-state index in [1.54, 1.807) is 17.0 Å². The summed E-state index contributed by atoms with van der Waals surface area (Å²) >= 11 is 0. The Bertz CT molecular complexity index is 941. The number of anilines is 1. The maximum Gasteiger partial charge on any atom is 0.254 e. The minimum Gasteiger partial charge on any atom is -0.494 e. The molecule has 0 radical (unpaired) electrons. The smallest absolute Gasteiger partial charge is 0.254 e. The van der Waals surface area contributed by atoms with Crippen LogP contribution in [0.1, 0.15) is 28.8 Å². The largest absolute Gasteiger partial charge is 0.494 e. The number of ether oxygens (including phenoxy) is 1. The first kappa shape index (κ1) is 20.3. The van der Waals surface area contributed by atoms with E-state index in [1.807, 2.05) is 29.2 Å². The van der Waals surface area contributed by atoms with Gasteiger partial charge in [-0.15, -0.1) is 0 Å². The molecule has 0 saturated carbocycles. The lowest BCUT2D eigenvalue weighted by atomic mass is 10.1. The summed E-state index contributed by atoms with van der Waals surface area (Å²) in [6, 6.07) is 12.3. The van der Waals surface area contributed by atoms with E-state index in [0.29, 0.717) is 38.2 Å². The minimum absolute atomic E-state index is 0.0152. The highest BCUT2D eigenvalue weighted by atomic mass is 19.1. The zero-order valence-electron chi connectivity index (χ0n) is 17.1. The fourth-order valence-electron chi connectivity index (χ4n) is 4.09.